The van der Waals surface area contributed by atoms with Gasteiger partial charge in [-0.25, -0.2) is 8.42 Å². The van der Waals surface area contributed by atoms with Crippen molar-refractivity contribution >= 4 is 62.3 Å². The fourth-order valence-corrected chi connectivity index (χ4v) is 6.22. The molecular weight excluding hydrogens is 653 g/mol. The molecule has 44 heavy (non-hydrogen) atoms. The van der Waals surface area contributed by atoms with Crippen LogP contribution in [-0.4, -0.2) is 65.1 Å². The number of carbonyl (C=O) groups excluding carboxylic acids is 2. The number of ether oxygens (including phenoxy) is 3. The zero-order valence-electron chi connectivity index (χ0n) is 25.1. The number of methoxy groups -OCH3 is 3. The van der Waals surface area contributed by atoms with Crippen LogP contribution in [-0.2, 0) is 26.2 Å². The van der Waals surface area contributed by atoms with Gasteiger partial charge in [0.05, 0.1) is 42.0 Å². The van der Waals surface area contributed by atoms with E-state index in [2.05, 4.69) is 5.32 Å². The summed E-state index contributed by atoms with van der Waals surface area (Å²) in [5, 5.41) is 3.59. The molecule has 2 amide bonds. The molecule has 0 saturated carbocycles. The van der Waals surface area contributed by atoms with Crippen molar-refractivity contribution in [3.63, 3.8) is 0 Å². The molecule has 0 aliphatic rings. The summed E-state index contributed by atoms with van der Waals surface area (Å²) >= 11 is 18.6. The van der Waals surface area contributed by atoms with Crippen LogP contribution in [0, 0.1) is 0 Å². The SMILES string of the molecule is COc1ccc(S(=O)(=O)N(CC(=O)N(Cc2ccc(Cl)c(Cl)c2)C(C)C(=O)NC(C)C)c2cc(Cl)ccc2OC)cc1OC. The van der Waals surface area contributed by atoms with Crippen LogP contribution in [0.25, 0.3) is 0 Å². The fraction of sp³-hybridized carbons (Fsp3) is 0.333. The number of halogens is 3. The van der Waals surface area contributed by atoms with Crippen LogP contribution in [0.3, 0.4) is 0 Å². The lowest BCUT2D eigenvalue weighted by molar-refractivity contribution is -0.139. The second-order valence-electron chi connectivity index (χ2n) is 9.95. The fourth-order valence-electron chi connectivity index (χ4n) is 4.30. The van der Waals surface area contributed by atoms with Crippen molar-refractivity contribution in [1.82, 2.24) is 10.2 Å². The average molecular weight is 687 g/mol. The zero-order valence-corrected chi connectivity index (χ0v) is 28.1. The number of amides is 2. The molecule has 14 heteroatoms. The number of nitrogens with zero attached hydrogens (tertiary/aromatic N) is 2. The number of carbonyl (C=O) groups is 2. The Morgan fingerprint density at radius 2 is 1.45 bits per heavy atom. The second kappa shape index (κ2) is 15.1. The molecule has 0 bridgehead atoms. The predicted molar refractivity (Wildman–Crippen MR) is 172 cm³/mol. The molecule has 3 aromatic carbocycles. The quantitative estimate of drug-likeness (QED) is 0.241. The van der Waals surface area contributed by atoms with E-state index in [0.29, 0.717) is 16.3 Å². The van der Waals surface area contributed by atoms with Crippen LogP contribution < -0.4 is 23.8 Å². The summed E-state index contributed by atoms with van der Waals surface area (Å²) in [6.07, 6.45) is 0. The van der Waals surface area contributed by atoms with Gasteiger partial charge < -0.3 is 24.4 Å². The van der Waals surface area contributed by atoms with E-state index in [1.165, 1.54) is 62.6 Å². The van der Waals surface area contributed by atoms with Crippen molar-refractivity contribution in [1.29, 1.82) is 0 Å². The number of hydrogen-bond donors (Lipinski definition) is 1. The lowest BCUT2D eigenvalue weighted by Crippen LogP contribution is -2.52. The Hall–Kier alpha value is -3.38. The molecule has 1 N–H and O–H groups in total. The summed E-state index contributed by atoms with van der Waals surface area (Å²) in [6.45, 7) is 4.35. The molecule has 1 unspecified atom stereocenters. The van der Waals surface area contributed by atoms with Crippen molar-refractivity contribution in [3.8, 4) is 17.2 Å². The lowest BCUT2D eigenvalue weighted by atomic mass is 10.1. The molecule has 10 nitrogen and oxygen atoms in total. The molecule has 238 valence electrons. The summed E-state index contributed by atoms with van der Waals surface area (Å²) < 4.78 is 45.5. The molecule has 0 heterocycles. The monoisotopic (exact) mass is 685 g/mol. The highest BCUT2D eigenvalue weighted by atomic mass is 35.5. The van der Waals surface area contributed by atoms with Crippen LogP contribution in [0.15, 0.2) is 59.5 Å². The van der Waals surface area contributed by atoms with Crippen molar-refractivity contribution in [3.05, 3.63) is 75.2 Å². The maximum absolute atomic E-state index is 14.3. The molecule has 1 atom stereocenters. The Kier molecular flexibility index (Phi) is 12.0. The van der Waals surface area contributed by atoms with Crippen LogP contribution in [0.4, 0.5) is 5.69 Å². The summed E-state index contributed by atoms with van der Waals surface area (Å²) in [5.41, 5.74) is 0.587. The van der Waals surface area contributed by atoms with Gasteiger partial charge in [-0.05, 0) is 68.8 Å². The van der Waals surface area contributed by atoms with E-state index < -0.39 is 34.4 Å². The minimum Gasteiger partial charge on any atom is -0.495 e. The van der Waals surface area contributed by atoms with Gasteiger partial charge in [0.2, 0.25) is 11.8 Å². The average Bonchev–Trinajstić information content (AvgIpc) is 2.98. The van der Waals surface area contributed by atoms with Crippen molar-refractivity contribution in [2.24, 2.45) is 0 Å². The Labute approximate surface area is 272 Å². The maximum atomic E-state index is 14.3. The van der Waals surface area contributed by atoms with E-state index in [0.717, 1.165) is 4.31 Å². The third-order valence-electron chi connectivity index (χ3n) is 6.57. The number of hydrogen-bond acceptors (Lipinski definition) is 7. The Balaban J connectivity index is 2.16. The largest absolute Gasteiger partial charge is 0.495 e. The van der Waals surface area contributed by atoms with Crippen LogP contribution in [0.5, 0.6) is 17.2 Å². The molecular formula is C30H34Cl3N3O7S. The number of nitrogens with one attached hydrogen (secondary N) is 1. The first-order valence-corrected chi connectivity index (χ1v) is 15.9. The first kappa shape index (κ1) is 35.1. The van der Waals surface area contributed by atoms with Crippen molar-refractivity contribution in [2.75, 3.05) is 32.2 Å². The van der Waals surface area contributed by atoms with Gasteiger partial charge in [-0.3, -0.25) is 13.9 Å². The van der Waals surface area contributed by atoms with E-state index >= 15 is 0 Å². The number of benzene rings is 3. The van der Waals surface area contributed by atoms with E-state index in [-0.39, 0.29) is 44.7 Å². The topological polar surface area (TPSA) is 114 Å². The van der Waals surface area contributed by atoms with Crippen LogP contribution >= 0.6 is 34.8 Å². The Morgan fingerprint density at radius 1 is 0.818 bits per heavy atom. The smallest absolute Gasteiger partial charge is 0.265 e. The third-order valence-corrected chi connectivity index (χ3v) is 9.30. The van der Waals surface area contributed by atoms with E-state index in [4.69, 9.17) is 49.0 Å². The van der Waals surface area contributed by atoms with Gasteiger partial charge in [0.1, 0.15) is 18.3 Å². The molecule has 0 radical (unpaired) electrons. The molecule has 3 rings (SSSR count). The summed E-state index contributed by atoms with van der Waals surface area (Å²) in [4.78, 5) is 28.4. The molecule has 0 aliphatic carbocycles. The van der Waals surface area contributed by atoms with Gasteiger partial charge in [0.15, 0.2) is 11.5 Å². The summed E-state index contributed by atoms with van der Waals surface area (Å²) in [7, 11) is -0.303. The zero-order chi connectivity index (χ0) is 32.8. The highest BCUT2D eigenvalue weighted by Crippen LogP contribution is 2.37. The third kappa shape index (κ3) is 8.20. The Bertz CT molecular complexity index is 1620. The first-order chi connectivity index (χ1) is 20.7. The van der Waals surface area contributed by atoms with Crippen molar-refractivity contribution in [2.45, 2.75) is 44.3 Å². The molecule has 0 aliphatic heterocycles. The summed E-state index contributed by atoms with van der Waals surface area (Å²) in [6, 6.07) is 12.1. The van der Waals surface area contributed by atoms with E-state index in [1.807, 2.05) is 0 Å². The van der Waals surface area contributed by atoms with E-state index in [9.17, 15) is 18.0 Å². The van der Waals surface area contributed by atoms with Gasteiger partial charge >= 0.3 is 0 Å². The second-order valence-corrected chi connectivity index (χ2v) is 13.1. The minimum absolute atomic E-state index is 0.0110. The number of sulfonamides is 1. The normalized spacial score (nSPS) is 12.0. The maximum Gasteiger partial charge on any atom is 0.265 e. The first-order valence-electron chi connectivity index (χ1n) is 13.4. The molecule has 3 aromatic rings. The van der Waals surface area contributed by atoms with E-state index in [1.54, 1.807) is 39.0 Å². The van der Waals surface area contributed by atoms with Gasteiger partial charge in [-0.15, -0.1) is 0 Å². The summed E-state index contributed by atoms with van der Waals surface area (Å²) in [5.74, 6) is -0.491. The predicted octanol–water partition coefficient (Wildman–Crippen LogP) is 5.81. The molecule has 0 saturated heterocycles. The molecule has 0 fully saturated rings. The standard InChI is InChI=1S/C30H34Cl3N3O7S/c1-18(2)34-30(38)19(3)35(16-20-7-10-23(32)24(33)13-20)29(37)17-36(25-14-21(31)8-11-26(25)41-4)44(39,40)22-9-12-27(42-5)28(15-22)43-6/h7-15,18-19H,16-17H2,1-6H3,(H,34,38). The van der Waals surface area contributed by atoms with Crippen molar-refractivity contribution < 1.29 is 32.2 Å². The van der Waals surface area contributed by atoms with Gasteiger partial charge in [-0.2, -0.15) is 0 Å². The van der Waals surface area contributed by atoms with Gasteiger partial charge in [0.25, 0.3) is 10.0 Å². The minimum atomic E-state index is -4.47. The van der Waals surface area contributed by atoms with Gasteiger partial charge in [0, 0.05) is 23.7 Å². The Morgan fingerprint density at radius 3 is 2.05 bits per heavy atom. The van der Waals surface area contributed by atoms with Gasteiger partial charge in [-0.1, -0.05) is 40.9 Å². The van der Waals surface area contributed by atoms with Crippen LogP contribution in [0.1, 0.15) is 26.3 Å². The highest BCUT2D eigenvalue weighted by molar-refractivity contribution is 7.92. The highest BCUT2D eigenvalue weighted by Gasteiger charge is 2.34. The number of rotatable bonds is 13. The van der Waals surface area contributed by atoms with Crippen LogP contribution in [0.2, 0.25) is 15.1 Å². The molecule has 0 spiro atoms. The number of anilines is 1. The lowest BCUT2D eigenvalue weighted by Gasteiger charge is -2.32. The molecule has 0 aromatic heterocycles.